The topological polar surface area (TPSA) is 61.5 Å². The minimum absolute atomic E-state index is 0.146. The van der Waals surface area contributed by atoms with E-state index in [4.69, 9.17) is 15.2 Å². The zero-order valence-corrected chi connectivity index (χ0v) is 16.1. The molecule has 0 aliphatic rings. The summed E-state index contributed by atoms with van der Waals surface area (Å²) < 4.78 is 11.7. The van der Waals surface area contributed by atoms with E-state index in [0.717, 1.165) is 12.8 Å². The Morgan fingerprint density at radius 2 is 1.55 bits per heavy atom. The van der Waals surface area contributed by atoms with Crippen LogP contribution >= 0.6 is 0 Å². The number of carbonyl (C=O) groups excluding carboxylic acids is 1. The van der Waals surface area contributed by atoms with Crippen LogP contribution in [-0.2, 0) is 14.3 Å². The van der Waals surface area contributed by atoms with Gasteiger partial charge in [0.25, 0.3) is 0 Å². The zero-order valence-electron chi connectivity index (χ0n) is 16.1. The van der Waals surface area contributed by atoms with Crippen molar-refractivity contribution in [2.24, 2.45) is 16.6 Å². The van der Waals surface area contributed by atoms with Crippen LogP contribution in [0.5, 0.6) is 0 Å². The molecule has 4 heteroatoms. The van der Waals surface area contributed by atoms with Crippen LogP contribution in [0.1, 0.15) is 74.7 Å². The quantitative estimate of drug-likeness (QED) is 0.664. The molecule has 0 saturated carbocycles. The van der Waals surface area contributed by atoms with Crippen molar-refractivity contribution in [2.75, 3.05) is 13.7 Å². The highest BCUT2D eigenvalue weighted by Crippen LogP contribution is 2.43. The second-order valence-corrected chi connectivity index (χ2v) is 8.43. The molecule has 0 aliphatic carbocycles. The SMILES string of the molecule is CCC(C)(CCOC(C)(C)C(C)(C)CC(C)(C)C(N)=O)OC. The largest absolute Gasteiger partial charge is 0.378 e. The second-order valence-electron chi connectivity index (χ2n) is 8.43. The lowest BCUT2D eigenvalue weighted by molar-refractivity contribution is -0.140. The van der Waals surface area contributed by atoms with Crippen LogP contribution < -0.4 is 5.73 Å². The third-order valence-corrected chi connectivity index (χ3v) is 5.52. The molecule has 1 unspecified atom stereocenters. The maximum Gasteiger partial charge on any atom is 0.223 e. The fourth-order valence-corrected chi connectivity index (χ4v) is 2.55. The first-order chi connectivity index (χ1) is 9.73. The molecule has 0 aromatic heterocycles. The summed E-state index contributed by atoms with van der Waals surface area (Å²) in [5, 5.41) is 0. The van der Waals surface area contributed by atoms with Gasteiger partial charge in [-0.1, -0.05) is 34.6 Å². The lowest BCUT2D eigenvalue weighted by atomic mass is 9.66. The van der Waals surface area contributed by atoms with Gasteiger partial charge in [-0.3, -0.25) is 4.79 Å². The fraction of sp³-hybridized carbons (Fsp3) is 0.944. The van der Waals surface area contributed by atoms with Crippen LogP contribution in [0.2, 0.25) is 0 Å². The summed E-state index contributed by atoms with van der Waals surface area (Å²) >= 11 is 0. The fourth-order valence-electron chi connectivity index (χ4n) is 2.55. The number of amides is 1. The molecule has 2 N–H and O–H groups in total. The Bertz CT molecular complexity index is 369. The molecule has 0 aromatic carbocycles. The highest BCUT2D eigenvalue weighted by molar-refractivity contribution is 5.79. The van der Waals surface area contributed by atoms with Crippen LogP contribution in [-0.4, -0.2) is 30.8 Å². The van der Waals surface area contributed by atoms with Crippen molar-refractivity contribution >= 4 is 5.91 Å². The maximum absolute atomic E-state index is 11.6. The summed E-state index contributed by atoms with van der Waals surface area (Å²) in [4.78, 5) is 11.6. The van der Waals surface area contributed by atoms with Gasteiger partial charge >= 0.3 is 0 Å². The minimum atomic E-state index is -0.547. The molecule has 0 aliphatic heterocycles. The molecule has 22 heavy (non-hydrogen) atoms. The van der Waals surface area contributed by atoms with E-state index < -0.39 is 5.41 Å². The molecule has 4 nitrogen and oxygen atoms in total. The average Bonchev–Trinajstić information content (AvgIpc) is 2.36. The maximum atomic E-state index is 11.6. The summed E-state index contributed by atoms with van der Waals surface area (Å²) in [5.74, 6) is -0.269. The molecule has 0 bridgehead atoms. The molecule has 0 radical (unpaired) electrons. The number of hydrogen-bond acceptors (Lipinski definition) is 3. The second kappa shape index (κ2) is 7.31. The average molecular weight is 315 g/mol. The van der Waals surface area contributed by atoms with E-state index in [1.54, 1.807) is 7.11 Å². The van der Waals surface area contributed by atoms with Gasteiger partial charge in [0.15, 0.2) is 0 Å². The van der Waals surface area contributed by atoms with Gasteiger partial charge in [-0.05, 0) is 45.4 Å². The van der Waals surface area contributed by atoms with Crippen molar-refractivity contribution in [1.82, 2.24) is 0 Å². The van der Waals surface area contributed by atoms with Gasteiger partial charge in [-0.2, -0.15) is 0 Å². The number of methoxy groups -OCH3 is 1. The molecule has 0 heterocycles. The minimum Gasteiger partial charge on any atom is -0.378 e. The highest BCUT2D eigenvalue weighted by Gasteiger charge is 2.43. The van der Waals surface area contributed by atoms with Crippen LogP contribution in [0.4, 0.5) is 0 Å². The molecule has 0 spiro atoms. The van der Waals surface area contributed by atoms with E-state index in [0.29, 0.717) is 13.0 Å². The number of carbonyl (C=O) groups is 1. The van der Waals surface area contributed by atoms with Crippen molar-refractivity contribution < 1.29 is 14.3 Å². The van der Waals surface area contributed by atoms with E-state index in [2.05, 4.69) is 41.5 Å². The van der Waals surface area contributed by atoms with Crippen molar-refractivity contribution in [3.05, 3.63) is 0 Å². The lowest BCUT2D eigenvalue weighted by Gasteiger charge is -2.45. The molecule has 1 atom stereocenters. The predicted octanol–water partition coefficient (Wildman–Crippen LogP) is 3.91. The monoisotopic (exact) mass is 315 g/mol. The molecule has 1 amide bonds. The number of primary amides is 1. The van der Waals surface area contributed by atoms with Crippen molar-refractivity contribution in [1.29, 1.82) is 0 Å². The van der Waals surface area contributed by atoms with Crippen LogP contribution in [0, 0.1) is 10.8 Å². The first-order valence-electron chi connectivity index (χ1n) is 8.22. The van der Waals surface area contributed by atoms with E-state index >= 15 is 0 Å². The van der Waals surface area contributed by atoms with E-state index in [1.807, 2.05) is 13.8 Å². The third-order valence-electron chi connectivity index (χ3n) is 5.52. The number of hydrogen-bond donors (Lipinski definition) is 1. The summed E-state index contributed by atoms with van der Waals surface area (Å²) in [6.45, 7) is 17.1. The van der Waals surface area contributed by atoms with Crippen LogP contribution in [0.3, 0.4) is 0 Å². The molecule has 0 rings (SSSR count). The van der Waals surface area contributed by atoms with Gasteiger partial charge in [0, 0.05) is 12.5 Å². The summed E-state index contributed by atoms with van der Waals surface area (Å²) in [6.07, 6.45) is 2.47. The Labute approximate surface area is 137 Å². The summed E-state index contributed by atoms with van der Waals surface area (Å²) in [7, 11) is 1.74. The van der Waals surface area contributed by atoms with Gasteiger partial charge in [0.2, 0.25) is 5.91 Å². The van der Waals surface area contributed by atoms with Crippen molar-refractivity contribution in [3.63, 3.8) is 0 Å². The highest BCUT2D eigenvalue weighted by atomic mass is 16.5. The molecule has 0 fully saturated rings. The summed E-state index contributed by atoms with van der Waals surface area (Å²) in [5.41, 5.74) is 4.29. The molecule has 132 valence electrons. The predicted molar refractivity (Wildman–Crippen MR) is 91.7 cm³/mol. The van der Waals surface area contributed by atoms with E-state index in [9.17, 15) is 4.79 Å². The molecule has 0 aromatic rings. The Morgan fingerprint density at radius 1 is 1.05 bits per heavy atom. The Balaban J connectivity index is 4.81. The van der Waals surface area contributed by atoms with Crippen molar-refractivity contribution in [3.8, 4) is 0 Å². The third kappa shape index (κ3) is 5.54. The van der Waals surface area contributed by atoms with Gasteiger partial charge in [-0.25, -0.2) is 0 Å². The van der Waals surface area contributed by atoms with Gasteiger partial charge in [0.1, 0.15) is 0 Å². The van der Waals surface area contributed by atoms with Crippen LogP contribution in [0.15, 0.2) is 0 Å². The standard InChI is InChI=1S/C18H37NO3/c1-10-18(8,21-9)11-12-22-17(6,7)16(4,5)13-15(2,3)14(19)20/h10-13H2,1-9H3,(H2,19,20). The van der Waals surface area contributed by atoms with Gasteiger partial charge in [-0.15, -0.1) is 0 Å². The van der Waals surface area contributed by atoms with Gasteiger partial charge in [0.05, 0.1) is 17.8 Å². The smallest absolute Gasteiger partial charge is 0.223 e. The normalized spacial score (nSPS) is 16.4. The van der Waals surface area contributed by atoms with E-state index in [1.165, 1.54) is 0 Å². The van der Waals surface area contributed by atoms with Crippen LogP contribution in [0.25, 0.3) is 0 Å². The Kier molecular flexibility index (Phi) is 7.10. The lowest BCUT2D eigenvalue weighted by Crippen LogP contribution is -2.47. The summed E-state index contributed by atoms with van der Waals surface area (Å²) in [6, 6.07) is 0. The Hall–Kier alpha value is -0.610. The van der Waals surface area contributed by atoms with E-state index in [-0.39, 0.29) is 22.5 Å². The number of ether oxygens (including phenoxy) is 2. The zero-order chi connectivity index (χ0) is 17.8. The molecular formula is C18H37NO3. The van der Waals surface area contributed by atoms with Crippen molar-refractivity contribution in [2.45, 2.75) is 85.9 Å². The Morgan fingerprint density at radius 3 is 1.91 bits per heavy atom. The first-order valence-corrected chi connectivity index (χ1v) is 8.22. The number of rotatable bonds is 10. The number of nitrogens with two attached hydrogens (primary N) is 1. The first kappa shape index (κ1) is 21.4. The molecular weight excluding hydrogens is 278 g/mol. The van der Waals surface area contributed by atoms with Gasteiger partial charge < -0.3 is 15.2 Å². The molecule has 0 saturated heterocycles.